The predicted octanol–water partition coefficient (Wildman–Crippen LogP) is 2.67. The third kappa shape index (κ3) is 4.08. The normalized spacial score (nSPS) is 11.6. The van der Waals surface area contributed by atoms with Gasteiger partial charge in [0.15, 0.2) is 0 Å². The number of hydrogen-bond donors (Lipinski definition) is 1. The fourth-order valence-corrected chi connectivity index (χ4v) is 2.72. The molecule has 0 atom stereocenters. The van der Waals surface area contributed by atoms with Crippen molar-refractivity contribution in [2.45, 2.75) is 31.6 Å². The van der Waals surface area contributed by atoms with Crippen LogP contribution in [-0.2, 0) is 10.0 Å². The Labute approximate surface area is 115 Å². The molecule has 0 aliphatic heterocycles. The molecular formula is C14H21NO3S. The summed E-state index contributed by atoms with van der Waals surface area (Å²) in [5.41, 5.74) is 0.892. The van der Waals surface area contributed by atoms with E-state index in [9.17, 15) is 8.42 Å². The summed E-state index contributed by atoms with van der Waals surface area (Å²) in [6, 6.07) is 4.94. The van der Waals surface area contributed by atoms with E-state index in [0.717, 1.165) is 11.3 Å². The van der Waals surface area contributed by atoms with Crippen molar-refractivity contribution in [3.05, 3.63) is 36.4 Å². The highest BCUT2D eigenvalue weighted by Gasteiger charge is 2.17. The zero-order chi connectivity index (χ0) is 14.5. The van der Waals surface area contributed by atoms with Crippen molar-refractivity contribution >= 4 is 10.0 Å². The smallest absolute Gasteiger partial charge is 0.240 e. The van der Waals surface area contributed by atoms with Crippen molar-refractivity contribution in [2.75, 3.05) is 13.2 Å². The predicted molar refractivity (Wildman–Crippen MR) is 77.1 cm³/mol. The maximum absolute atomic E-state index is 12.0. The molecule has 0 saturated carbocycles. The van der Waals surface area contributed by atoms with E-state index in [1.165, 1.54) is 6.08 Å². The van der Waals surface area contributed by atoms with Crippen LogP contribution >= 0.6 is 0 Å². The van der Waals surface area contributed by atoms with Gasteiger partial charge >= 0.3 is 0 Å². The molecule has 0 unspecified atom stereocenters. The fraction of sp³-hybridized carbons (Fsp3) is 0.429. The summed E-state index contributed by atoms with van der Waals surface area (Å²) in [5, 5.41) is 0. The quantitative estimate of drug-likeness (QED) is 0.783. The van der Waals surface area contributed by atoms with Crippen LogP contribution in [0.3, 0.4) is 0 Å². The summed E-state index contributed by atoms with van der Waals surface area (Å²) < 4.78 is 32.0. The Bertz CT molecular complexity index is 536. The van der Waals surface area contributed by atoms with E-state index >= 15 is 0 Å². The van der Waals surface area contributed by atoms with Crippen molar-refractivity contribution < 1.29 is 13.2 Å². The van der Waals surface area contributed by atoms with E-state index in [4.69, 9.17) is 4.74 Å². The molecule has 0 saturated heterocycles. The van der Waals surface area contributed by atoms with Gasteiger partial charge in [0.05, 0.1) is 11.5 Å². The third-order valence-electron chi connectivity index (χ3n) is 2.63. The van der Waals surface area contributed by atoms with E-state index in [-0.39, 0.29) is 17.4 Å². The molecule has 4 nitrogen and oxygen atoms in total. The van der Waals surface area contributed by atoms with Crippen molar-refractivity contribution in [1.82, 2.24) is 4.72 Å². The minimum Gasteiger partial charge on any atom is -0.494 e. The zero-order valence-electron chi connectivity index (χ0n) is 11.6. The summed E-state index contributed by atoms with van der Waals surface area (Å²) in [7, 11) is -3.49. The SMILES string of the molecule is C=CCNS(=O)(=O)c1ccc(OCC)c(C(C)C)c1. The van der Waals surface area contributed by atoms with Crippen LogP contribution in [0.2, 0.25) is 0 Å². The molecule has 0 fully saturated rings. The number of hydrogen-bond acceptors (Lipinski definition) is 3. The minimum atomic E-state index is -3.49. The topological polar surface area (TPSA) is 55.4 Å². The molecule has 1 N–H and O–H groups in total. The fourth-order valence-electron chi connectivity index (χ4n) is 1.68. The number of ether oxygens (including phenoxy) is 1. The van der Waals surface area contributed by atoms with E-state index in [1.807, 2.05) is 20.8 Å². The molecule has 0 spiro atoms. The van der Waals surface area contributed by atoms with Gasteiger partial charge in [0.2, 0.25) is 10.0 Å². The van der Waals surface area contributed by atoms with Crippen LogP contribution in [0.5, 0.6) is 5.75 Å². The van der Waals surface area contributed by atoms with Gasteiger partial charge in [-0.05, 0) is 36.6 Å². The number of benzene rings is 1. The first-order valence-corrected chi connectivity index (χ1v) is 7.78. The monoisotopic (exact) mass is 283 g/mol. The molecule has 106 valence electrons. The highest BCUT2D eigenvalue weighted by Crippen LogP contribution is 2.29. The molecule has 5 heteroatoms. The Hall–Kier alpha value is -1.33. The molecule has 0 heterocycles. The Morgan fingerprint density at radius 2 is 2.11 bits per heavy atom. The lowest BCUT2D eigenvalue weighted by Crippen LogP contribution is -2.23. The highest BCUT2D eigenvalue weighted by molar-refractivity contribution is 7.89. The first kappa shape index (κ1) is 15.7. The van der Waals surface area contributed by atoms with Gasteiger partial charge in [0.1, 0.15) is 5.75 Å². The average Bonchev–Trinajstić information content (AvgIpc) is 2.37. The molecular weight excluding hydrogens is 262 g/mol. The lowest BCUT2D eigenvalue weighted by atomic mass is 10.0. The zero-order valence-corrected chi connectivity index (χ0v) is 12.5. The first-order chi connectivity index (χ1) is 8.92. The maximum atomic E-state index is 12.0. The van der Waals surface area contributed by atoms with Gasteiger partial charge in [0, 0.05) is 6.54 Å². The summed E-state index contributed by atoms with van der Waals surface area (Å²) in [4.78, 5) is 0.251. The van der Waals surface area contributed by atoms with Crippen molar-refractivity contribution in [1.29, 1.82) is 0 Å². The number of rotatable bonds is 7. The van der Waals surface area contributed by atoms with Crippen LogP contribution in [-0.4, -0.2) is 21.6 Å². The molecule has 0 amide bonds. The molecule has 0 aliphatic carbocycles. The molecule has 0 bridgehead atoms. The lowest BCUT2D eigenvalue weighted by molar-refractivity contribution is 0.335. The van der Waals surface area contributed by atoms with Crippen molar-refractivity contribution in [3.8, 4) is 5.75 Å². The number of sulfonamides is 1. The van der Waals surface area contributed by atoms with Gasteiger partial charge in [-0.3, -0.25) is 0 Å². The van der Waals surface area contributed by atoms with Crippen LogP contribution < -0.4 is 9.46 Å². The summed E-state index contributed by atoms with van der Waals surface area (Å²) in [5.74, 6) is 0.927. The van der Waals surface area contributed by atoms with E-state index < -0.39 is 10.0 Å². The second kappa shape index (κ2) is 6.73. The maximum Gasteiger partial charge on any atom is 0.240 e. The van der Waals surface area contributed by atoms with Crippen LogP contribution in [0.15, 0.2) is 35.7 Å². The minimum absolute atomic E-state index is 0.191. The summed E-state index contributed by atoms with van der Waals surface area (Å²) in [6.45, 7) is 10.2. The van der Waals surface area contributed by atoms with Gasteiger partial charge in [-0.1, -0.05) is 19.9 Å². The molecule has 0 aliphatic rings. The number of nitrogens with one attached hydrogen (secondary N) is 1. The van der Waals surface area contributed by atoms with Gasteiger partial charge in [-0.2, -0.15) is 0 Å². The van der Waals surface area contributed by atoms with Crippen LogP contribution in [0.25, 0.3) is 0 Å². The molecule has 19 heavy (non-hydrogen) atoms. The molecule has 1 aromatic rings. The van der Waals surface area contributed by atoms with Crippen LogP contribution in [0.1, 0.15) is 32.3 Å². The summed E-state index contributed by atoms with van der Waals surface area (Å²) >= 11 is 0. The Balaban J connectivity index is 3.18. The Kier molecular flexibility index (Phi) is 5.57. The second-order valence-corrected chi connectivity index (χ2v) is 6.19. The Morgan fingerprint density at radius 1 is 1.42 bits per heavy atom. The van der Waals surface area contributed by atoms with Crippen molar-refractivity contribution in [3.63, 3.8) is 0 Å². The highest BCUT2D eigenvalue weighted by atomic mass is 32.2. The largest absolute Gasteiger partial charge is 0.494 e. The molecule has 0 aromatic heterocycles. The molecule has 0 radical (unpaired) electrons. The molecule has 1 aromatic carbocycles. The molecule has 1 rings (SSSR count). The van der Waals surface area contributed by atoms with E-state index in [1.54, 1.807) is 18.2 Å². The van der Waals surface area contributed by atoms with Crippen LogP contribution in [0.4, 0.5) is 0 Å². The van der Waals surface area contributed by atoms with Gasteiger partial charge in [-0.25, -0.2) is 13.1 Å². The standard InChI is InChI=1S/C14H21NO3S/c1-5-9-15-19(16,17)12-7-8-14(18-6-2)13(10-12)11(3)4/h5,7-8,10-11,15H,1,6,9H2,2-4H3. The van der Waals surface area contributed by atoms with Gasteiger partial charge in [-0.15, -0.1) is 6.58 Å². The van der Waals surface area contributed by atoms with E-state index in [0.29, 0.717) is 6.61 Å². The van der Waals surface area contributed by atoms with Gasteiger partial charge < -0.3 is 4.74 Å². The van der Waals surface area contributed by atoms with Gasteiger partial charge in [0.25, 0.3) is 0 Å². The van der Waals surface area contributed by atoms with E-state index in [2.05, 4.69) is 11.3 Å². The Morgan fingerprint density at radius 3 is 2.63 bits per heavy atom. The summed E-state index contributed by atoms with van der Waals surface area (Å²) in [6.07, 6.45) is 1.51. The third-order valence-corrected chi connectivity index (χ3v) is 4.05. The first-order valence-electron chi connectivity index (χ1n) is 6.29. The lowest BCUT2D eigenvalue weighted by Gasteiger charge is -2.15. The van der Waals surface area contributed by atoms with Crippen LogP contribution in [0, 0.1) is 0 Å². The van der Waals surface area contributed by atoms with Crippen molar-refractivity contribution in [2.24, 2.45) is 0 Å². The second-order valence-electron chi connectivity index (χ2n) is 4.43. The average molecular weight is 283 g/mol.